The van der Waals surface area contributed by atoms with Crippen molar-refractivity contribution in [3.63, 3.8) is 0 Å². The zero-order valence-corrected chi connectivity index (χ0v) is 17.4. The number of aryl methyl sites for hydroxylation is 1. The number of benzene rings is 3. The lowest BCUT2D eigenvalue weighted by Crippen LogP contribution is -2.34. The first-order valence-electron chi connectivity index (χ1n) is 9.98. The molecular weight excluding hydrogens is 411 g/mol. The summed E-state index contributed by atoms with van der Waals surface area (Å²) in [6.07, 6.45) is 0. The molecular formula is C24H23FN4O3. The molecule has 0 saturated carbocycles. The summed E-state index contributed by atoms with van der Waals surface area (Å²) >= 11 is 0. The van der Waals surface area contributed by atoms with Crippen LogP contribution in [0.25, 0.3) is 0 Å². The highest BCUT2D eigenvalue weighted by molar-refractivity contribution is 6.00. The minimum absolute atomic E-state index is 0.207. The molecule has 4 N–H and O–H groups in total. The summed E-state index contributed by atoms with van der Waals surface area (Å²) in [4.78, 5) is 36.3. The van der Waals surface area contributed by atoms with Gasteiger partial charge in [-0.2, -0.15) is 0 Å². The van der Waals surface area contributed by atoms with E-state index in [9.17, 15) is 18.8 Å². The van der Waals surface area contributed by atoms with Gasteiger partial charge < -0.3 is 21.3 Å². The highest BCUT2D eigenvalue weighted by Crippen LogP contribution is 2.15. The predicted octanol–water partition coefficient (Wildman–Crippen LogP) is 3.94. The van der Waals surface area contributed by atoms with E-state index in [1.165, 1.54) is 6.07 Å². The number of anilines is 2. The molecule has 0 spiro atoms. The molecule has 0 fully saturated rings. The Bertz CT molecular complexity index is 1100. The Morgan fingerprint density at radius 2 is 1.25 bits per heavy atom. The third-order valence-electron chi connectivity index (χ3n) is 4.57. The van der Waals surface area contributed by atoms with Gasteiger partial charge in [-0.25, -0.2) is 9.18 Å². The number of carbonyl (C=O) groups excluding carboxylic acids is 3. The fourth-order valence-electron chi connectivity index (χ4n) is 2.81. The molecule has 3 aromatic carbocycles. The molecule has 0 unspecified atom stereocenters. The van der Waals surface area contributed by atoms with Crippen molar-refractivity contribution < 1.29 is 18.8 Å². The third kappa shape index (κ3) is 6.40. The van der Waals surface area contributed by atoms with E-state index in [1.807, 2.05) is 6.07 Å². The first-order chi connectivity index (χ1) is 15.4. The fourth-order valence-corrected chi connectivity index (χ4v) is 2.81. The number of urea groups is 1. The lowest BCUT2D eigenvalue weighted by molar-refractivity contribution is 0.0927. The largest absolute Gasteiger partial charge is 0.350 e. The van der Waals surface area contributed by atoms with Crippen LogP contribution < -0.4 is 21.3 Å². The van der Waals surface area contributed by atoms with Crippen LogP contribution in [-0.4, -0.2) is 30.9 Å². The van der Waals surface area contributed by atoms with Gasteiger partial charge in [-0.1, -0.05) is 24.3 Å². The van der Waals surface area contributed by atoms with E-state index in [0.717, 1.165) is 0 Å². The molecule has 0 saturated heterocycles. The maximum absolute atomic E-state index is 13.6. The molecule has 0 aromatic heterocycles. The highest BCUT2D eigenvalue weighted by Gasteiger charge is 2.08. The average molecular weight is 434 g/mol. The first kappa shape index (κ1) is 22.5. The van der Waals surface area contributed by atoms with E-state index < -0.39 is 11.8 Å². The van der Waals surface area contributed by atoms with Crippen molar-refractivity contribution in [2.75, 3.05) is 23.7 Å². The van der Waals surface area contributed by atoms with E-state index in [0.29, 0.717) is 34.6 Å². The average Bonchev–Trinajstić information content (AvgIpc) is 2.80. The second-order valence-electron chi connectivity index (χ2n) is 7.00. The Hall–Kier alpha value is -4.20. The van der Waals surface area contributed by atoms with Gasteiger partial charge in [-0.05, 0) is 61.0 Å². The van der Waals surface area contributed by atoms with E-state index in [1.54, 1.807) is 67.6 Å². The van der Waals surface area contributed by atoms with Crippen LogP contribution in [0.2, 0.25) is 0 Å². The quantitative estimate of drug-likeness (QED) is 0.424. The molecule has 32 heavy (non-hydrogen) atoms. The maximum Gasteiger partial charge on any atom is 0.323 e. The smallest absolute Gasteiger partial charge is 0.323 e. The fraction of sp³-hybridized carbons (Fsp3) is 0.125. The minimum Gasteiger partial charge on any atom is -0.350 e. The molecule has 4 amide bonds. The molecule has 164 valence electrons. The summed E-state index contributed by atoms with van der Waals surface area (Å²) in [6, 6.07) is 19.0. The summed E-state index contributed by atoms with van der Waals surface area (Å²) in [5.41, 5.74) is 2.26. The Kier molecular flexibility index (Phi) is 7.53. The molecule has 3 rings (SSSR count). The lowest BCUT2D eigenvalue weighted by atomic mass is 10.2. The molecule has 0 aliphatic rings. The van der Waals surface area contributed by atoms with Gasteiger partial charge in [0, 0.05) is 35.6 Å². The van der Waals surface area contributed by atoms with Gasteiger partial charge in [0.2, 0.25) is 0 Å². The number of hydrogen-bond acceptors (Lipinski definition) is 3. The van der Waals surface area contributed by atoms with Crippen molar-refractivity contribution in [3.8, 4) is 0 Å². The van der Waals surface area contributed by atoms with Crippen LogP contribution in [0.3, 0.4) is 0 Å². The molecule has 8 heteroatoms. The Balaban J connectivity index is 1.43. The van der Waals surface area contributed by atoms with Gasteiger partial charge in [0.25, 0.3) is 11.8 Å². The summed E-state index contributed by atoms with van der Waals surface area (Å²) in [7, 11) is 0. The second kappa shape index (κ2) is 10.7. The van der Waals surface area contributed by atoms with Gasteiger partial charge in [0.1, 0.15) is 5.82 Å². The molecule has 0 bridgehead atoms. The number of hydrogen-bond donors (Lipinski definition) is 4. The molecule has 0 heterocycles. The van der Waals surface area contributed by atoms with Gasteiger partial charge in [0.05, 0.1) is 0 Å². The van der Waals surface area contributed by atoms with Crippen LogP contribution in [0.4, 0.5) is 20.6 Å². The first-order valence-corrected chi connectivity index (χ1v) is 9.98. The van der Waals surface area contributed by atoms with Crippen LogP contribution in [0.15, 0.2) is 72.8 Å². The van der Waals surface area contributed by atoms with Gasteiger partial charge in [-0.15, -0.1) is 0 Å². The second-order valence-corrected chi connectivity index (χ2v) is 7.00. The Morgan fingerprint density at radius 3 is 1.84 bits per heavy atom. The Labute approximate surface area is 185 Å². The minimum atomic E-state index is -0.528. The monoisotopic (exact) mass is 434 g/mol. The van der Waals surface area contributed by atoms with Crippen molar-refractivity contribution in [2.24, 2.45) is 0 Å². The summed E-state index contributed by atoms with van der Waals surface area (Å²) < 4.78 is 13.6. The highest BCUT2D eigenvalue weighted by atomic mass is 19.1. The molecule has 0 radical (unpaired) electrons. The summed E-state index contributed by atoms with van der Waals surface area (Å²) in [5.74, 6) is -0.912. The van der Waals surface area contributed by atoms with Crippen LogP contribution in [0, 0.1) is 12.7 Å². The van der Waals surface area contributed by atoms with Crippen molar-refractivity contribution in [3.05, 3.63) is 95.3 Å². The molecule has 0 atom stereocenters. The van der Waals surface area contributed by atoms with Crippen LogP contribution in [-0.2, 0) is 0 Å². The van der Waals surface area contributed by atoms with Crippen molar-refractivity contribution in [1.29, 1.82) is 0 Å². The van der Waals surface area contributed by atoms with Crippen LogP contribution in [0.5, 0.6) is 0 Å². The maximum atomic E-state index is 13.6. The van der Waals surface area contributed by atoms with Crippen molar-refractivity contribution in [2.45, 2.75) is 6.92 Å². The van der Waals surface area contributed by atoms with E-state index >= 15 is 0 Å². The van der Waals surface area contributed by atoms with Gasteiger partial charge >= 0.3 is 6.03 Å². The zero-order valence-electron chi connectivity index (χ0n) is 17.4. The summed E-state index contributed by atoms with van der Waals surface area (Å²) in [5, 5.41) is 10.6. The number of halogens is 1. The van der Waals surface area contributed by atoms with E-state index in [-0.39, 0.29) is 18.4 Å². The van der Waals surface area contributed by atoms with Crippen LogP contribution >= 0.6 is 0 Å². The summed E-state index contributed by atoms with van der Waals surface area (Å²) in [6.45, 7) is 2.20. The van der Waals surface area contributed by atoms with Gasteiger partial charge in [0.15, 0.2) is 0 Å². The Morgan fingerprint density at radius 1 is 0.719 bits per heavy atom. The molecule has 0 aliphatic carbocycles. The molecule has 7 nitrogen and oxygen atoms in total. The SMILES string of the molecule is Cc1ccc(NC(=O)Nc2ccc(C(=O)NCCNC(=O)c3ccccc3)cc2)cc1F. The van der Waals surface area contributed by atoms with E-state index in [2.05, 4.69) is 21.3 Å². The van der Waals surface area contributed by atoms with Crippen molar-refractivity contribution in [1.82, 2.24) is 10.6 Å². The lowest BCUT2D eigenvalue weighted by Gasteiger charge is -2.10. The number of amides is 4. The number of rotatable bonds is 7. The third-order valence-corrected chi connectivity index (χ3v) is 4.57. The van der Waals surface area contributed by atoms with Gasteiger partial charge in [-0.3, -0.25) is 9.59 Å². The number of carbonyl (C=O) groups is 3. The standard InChI is InChI=1S/C24H23FN4O3/c1-16-7-10-20(15-21(16)25)29-24(32)28-19-11-8-18(9-12-19)23(31)27-14-13-26-22(30)17-5-3-2-4-6-17/h2-12,15H,13-14H2,1H3,(H,26,30)(H,27,31)(H2,28,29,32). The molecule has 3 aromatic rings. The van der Waals surface area contributed by atoms with Crippen molar-refractivity contribution >= 4 is 29.2 Å². The topological polar surface area (TPSA) is 99.3 Å². The number of nitrogens with one attached hydrogen (secondary N) is 4. The van der Waals surface area contributed by atoms with E-state index in [4.69, 9.17) is 0 Å². The zero-order chi connectivity index (χ0) is 22.9. The molecule has 0 aliphatic heterocycles. The predicted molar refractivity (Wildman–Crippen MR) is 121 cm³/mol. The normalized spacial score (nSPS) is 10.2. The van der Waals surface area contributed by atoms with Crippen LogP contribution in [0.1, 0.15) is 26.3 Å².